The Balaban J connectivity index is 1.57. The van der Waals surface area contributed by atoms with E-state index in [0.29, 0.717) is 42.6 Å². The number of aromatic amines is 1. The van der Waals surface area contributed by atoms with E-state index in [1.165, 1.54) is 47.7 Å². The van der Waals surface area contributed by atoms with Crippen LogP contribution in [0.4, 0.5) is 0 Å². The summed E-state index contributed by atoms with van der Waals surface area (Å²) in [5.74, 6) is 0.517. The van der Waals surface area contributed by atoms with Crippen LogP contribution in [0.5, 0.6) is 5.75 Å². The molecular formula is C17H22ClN5O4S2. The zero-order chi connectivity index (χ0) is 20.9. The number of piperidine rings is 1. The summed E-state index contributed by atoms with van der Waals surface area (Å²) >= 11 is 7.53. The summed E-state index contributed by atoms with van der Waals surface area (Å²) in [6, 6.07) is 4.36. The van der Waals surface area contributed by atoms with Crippen LogP contribution in [0.3, 0.4) is 0 Å². The minimum atomic E-state index is -3.74. The molecule has 1 fully saturated rings. The number of rotatable bonds is 8. The number of nitrogens with one attached hydrogen (secondary N) is 2. The molecule has 1 saturated heterocycles. The molecule has 0 spiro atoms. The minimum absolute atomic E-state index is 0.0906. The summed E-state index contributed by atoms with van der Waals surface area (Å²) in [6.45, 7) is 0.978. The van der Waals surface area contributed by atoms with Gasteiger partial charge < -0.3 is 10.1 Å². The largest absolute Gasteiger partial charge is 0.495 e. The molecule has 1 aliphatic heterocycles. The van der Waals surface area contributed by atoms with E-state index < -0.39 is 10.0 Å². The van der Waals surface area contributed by atoms with Gasteiger partial charge in [-0.2, -0.15) is 9.40 Å². The van der Waals surface area contributed by atoms with Crippen LogP contribution in [0.2, 0.25) is 5.02 Å². The molecule has 0 saturated carbocycles. The summed E-state index contributed by atoms with van der Waals surface area (Å²) in [4.78, 5) is 16.6. The number of H-pyrrole nitrogens is 1. The highest BCUT2D eigenvalue weighted by Gasteiger charge is 2.33. The molecule has 2 aromatic rings. The first-order valence-electron chi connectivity index (χ1n) is 9.01. The van der Waals surface area contributed by atoms with Gasteiger partial charge in [-0.1, -0.05) is 23.4 Å². The first kappa shape index (κ1) is 21.9. The standard InChI is InChI=1S/C17H22ClN5O4S2/c1-27-15-5-4-13(9-14(15)18)29(25,26)23-7-2-3-12(10-23)16(24)19-6-8-28-17-20-11-21-22-17/h4-5,9,11-12H,2-3,6-8,10H2,1H3,(H,19,24)(H,20,21,22). The Morgan fingerprint density at radius 2 is 2.31 bits per heavy atom. The van der Waals surface area contributed by atoms with Crippen LogP contribution in [0, 0.1) is 5.92 Å². The molecule has 12 heteroatoms. The molecule has 0 aliphatic carbocycles. The average molecular weight is 460 g/mol. The lowest BCUT2D eigenvalue weighted by Gasteiger charge is -2.31. The molecule has 29 heavy (non-hydrogen) atoms. The van der Waals surface area contributed by atoms with Gasteiger partial charge in [0.05, 0.1) is 22.9 Å². The second kappa shape index (κ2) is 9.79. The van der Waals surface area contributed by atoms with E-state index in [0.717, 1.165) is 0 Å². The van der Waals surface area contributed by atoms with Crippen molar-refractivity contribution in [3.8, 4) is 5.75 Å². The zero-order valence-corrected chi connectivity index (χ0v) is 18.2. The van der Waals surface area contributed by atoms with Crippen LogP contribution in [0.15, 0.2) is 34.6 Å². The van der Waals surface area contributed by atoms with Gasteiger partial charge in [-0.15, -0.1) is 0 Å². The number of aromatic nitrogens is 3. The minimum Gasteiger partial charge on any atom is -0.495 e. The second-order valence-electron chi connectivity index (χ2n) is 6.43. The van der Waals surface area contributed by atoms with E-state index in [1.807, 2.05) is 0 Å². The maximum atomic E-state index is 13.0. The lowest BCUT2D eigenvalue weighted by molar-refractivity contribution is -0.125. The molecule has 158 valence electrons. The summed E-state index contributed by atoms with van der Waals surface area (Å²) in [5.41, 5.74) is 0. The molecule has 1 unspecified atom stereocenters. The van der Waals surface area contributed by atoms with Gasteiger partial charge in [0.15, 0.2) is 5.16 Å². The topological polar surface area (TPSA) is 117 Å². The zero-order valence-electron chi connectivity index (χ0n) is 15.8. The molecule has 0 bridgehead atoms. The van der Waals surface area contributed by atoms with E-state index in [1.54, 1.807) is 0 Å². The average Bonchev–Trinajstić information content (AvgIpc) is 3.24. The quantitative estimate of drug-likeness (QED) is 0.456. The third kappa shape index (κ3) is 5.41. The van der Waals surface area contributed by atoms with Gasteiger partial charge >= 0.3 is 0 Å². The van der Waals surface area contributed by atoms with E-state index in [2.05, 4.69) is 20.5 Å². The molecule has 9 nitrogen and oxygen atoms in total. The van der Waals surface area contributed by atoms with Crippen LogP contribution in [0.1, 0.15) is 12.8 Å². The smallest absolute Gasteiger partial charge is 0.243 e. The SMILES string of the molecule is COc1ccc(S(=O)(=O)N2CCCC(C(=O)NCCSc3ncn[nH]3)C2)cc1Cl. The van der Waals surface area contributed by atoms with Crippen LogP contribution in [-0.4, -0.2) is 66.3 Å². The van der Waals surface area contributed by atoms with Gasteiger partial charge in [-0.25, -0.2) is 13.4 Å². The lowest BCUT2D eigenvalue weighted by atomic mass is 9.99. The van der Waals surface area contributed by atoms with Gasteiger partial charge in [0, 0.05) is 25.4 Å². The van der Waals surface area contributed by atoms with Gasteiger partial charge in [-0.3, -0.25) is 9.89 Å². The molecule has 1 aromatic carbocycles. The molecule has 1 atom stereocenters. The number of benzene rings is 1. The fraction of sp³-hybridized carbons (Fsp3) is 0.471. The number of ether oxygens (including phenoxy) is 1. The van der Waals surface area contributed by atoms with Crippen LogP contribution in [-0.2, 0) is 14.8 Å². The van der Waals surface area contributed by atoms with E-state index in [9.17, 15) is 13.2 Å². The van der Waals surface area contributed by atoms with Crippen molar-refractivity contribution in [2.75, 3.05) is 32.5 Å². The number of carbonyl (C=O) groups is 1. The van der Waals surface area contributed by atoms with Crippen molar-refractivity contribution in [2.45, 2.75) is 22.9 Å². The number of hydrogen-bond acceptors (Lipinski definition) is 7. The molecule has 1 aromatic heterocycles. The second-order valence-corrected chi connectivity index (χ2v) is 9.86. The Kier molecular flexibility index (Phi) is 7.38. The third-order valence-electron chi connectivity index (χ3n) is 4.55. The predicted octanol–water partition coefficient (Wildman–Crippen LogP) is 1.78. The number of carbonyl (C=O) groups excluding carboxylic acids is 1. The van der Waals surface area contributed by atoms with Crippen molar-refractivity contribution in [1.29, 1.82) is 0 Å². The van der Waals surface area contributed by atoms with Gasteiger partial charge in [0.25, 0.3) is 0 Å². The molecule has 3 rings (SSSR count). The van der Waals surface area contributed by atoms with E-state index >= 15 is 0 Å². The monoisotopic (exact) mass is 459 g/mol. The highest BCUT2D eigenvalue weighted by atomic mass is 35.5. The maximum absolute atomic E-state index is 13.0. The van der Waals surface area contributed by atoms with Gasteiger partial charge in [-0.05, 0) is 31.0 Å². The Bertz CT molecular complexity index is 939. The van der Waals surface area contributed by atoms with Crippen LogP contribution >= 0.6 is 23.4 Å². The normalized spacial score (nSPS) is 17.8. The molecule has 1 amide bonds. The molecule has 1 aliphatic rings. The summed E-state index contributed by atoms with van der Waals surface area (Å²) in [6.07, 6.45) is 2.69. The lowest BCUT2D eigenvalue weighted by Crippen LogP contribution is -2.45. The highest BCUT2D eigenvalue weighted by Crippen LogP contribution is 2.30. The third-order valence-corrected chi connectivity index (χ3v) is 7.58. The van der Waals surface area contributed by atoms with Crippen molar-refractivity contribution in [3.63, 3.8) is 0 Å². The van der Waals surface area contributed by atoms with Gasteiger partial charge in [0.1, 0.15) is 12.1 Å². The molecule has 0 radical (unpaired) electrons. The maximum Gasteiger partial charge on any atom is 0.243 e. The van der Waals surface area contributed by atoms with Crippen molar-refractivity contribution in [1.82, 2.24) is 24.8 Å². The van der Waals surface area contributed by atoms with Crippen LogP contribution < -0.4 is 10.1 Å². The first-order valence-corrected chi connectivity index (χ1v) is 11.8. The number of sulfonamides is 1. The molecule has 2 heterocycles. The van der Waals surface area contributed by atoms with Crippen molar-refractivity contribution >= 4 is 39.3 Å². The number of amides is 1. The number of hydrogen-bond donors (Lipinski definition) is 2. The fourth-order valence-electron chi connectivity index (χ4n) is 3.06. The summed E-state index contributed by atoms with van der Waals surface area (Å²) < 4.78 is 32.4. The van der Waals surface area contributed by atoms with Gasteiger partial charge in [0.2, 0.25) is 15.9 Å². The summed E-state index contributed by atoms with van der Waals surface area (Å²) in [5, 5.41) is 10.3. The first-order chi connectivity index (χ1) is 13.9. The number of halogens is 1. The Labute approximate surface area is 178 Å². The predicted molar refractivity (Wildman–Crippen MR) is 110 cm³/mol. The van der Waals surface area contributed by atoms with E-state index in [4.69, 9.17) is 16.3 Å². The fourth-order valence-corrected chi connectivity index (χ4v) is 5.57. The van der Waals surface area contributed by atoms with Crippen molar-refractivity contribution in [3.05, 3.63) is 29.5 Å². The Hall–Kier alpha value is -1.82. The van der Waals surface area contributed by atoms with Crippen LogP contribution in [0.25, 0.3) is 0 Å². The highest BCUT2D eigenvalue weighted by molar-refractivity contribution is 7.99. The Morgan fingerprint density at radius 1 is 1.48 bits per heavy atom. The number of methoxy groups -OCH3 is 1. The Morgan fingerprint density at radius 3 is 3.00 bits per heavy atom. The van der Waals surface area contributed by atoms with E-state index in [-0.39, 0.29) is 28.3 Å². The number of nitrogens with zero attached hydrogens (tertiary/aromatic N) is 3. The molecular weight excluding hydrogens is 438 g/mol. The summed E-state index contributed by atoms with van der Waals surface area (Å²) in [7, 11) is -2.28. The number of thioether (sulfide) groups is 1. The van der Waals surface area contributed by atoms with Crippen molar-refractivity contribution < 1.29 is 17.9 Å². The van der Waals surface area contributed by atoms with Crippen molar-refractivity contribution in [2.24, 2.45) is 5.92 Å². The molecule has 2 N–H and O–H groups in total.